The van der Waals surface area contributed by atoms with E-state index < -0.39 is 5.91 Å². The van der Waals surface area contributed by atoms with E-state index in [9.17, 15) is 10.1 Å². The van der Waals surface area contributed by atoms with Gasteiger partial charge in [-0.2, -0.15) is 5.26 Å². The predicted octanol–water partition coefficient (Wildman–Crippen LogP) is 4.16. The van der Waals surface area contributed by atoms with Crippen molar-refractivity contribution in [3.05, 3.63) is 65.4 Å². The summed E-state index contributed by atoms with van der Waals surface area (Å²) in [5.41, 5.74) is 9.90. The number of nitriles is 1. The maximum atomic E-state index is 12.3. The number of hydrogen-bond donors (Lipinski definition) is 3. The lowest BCUT2D eigenvalue weighted by Crippen LogP contribution is -2.14. The zero-order valence-electron chi connectivity index (χ0n) is 14.6. The first-order valence-electron chi connectivity index (χ1n) is 8.05. The number of carbonyl (C=O) groups is 1. The van der Waals surface area contributed by atoms with Crippen molar-refractivity contribution in [3.8, 4) is 6.07 Å². The summed E-state index contributed by atoms with van der Waals surface area (Å²) in [5, 5.41) is 14.9. The van der Waals surface area contributed by atoms with E-state index in [1.165, 1.54) is 11.8 Å². The van der Waals surface area contributed by atoms with Gasteiger partial charge in [0.05, 0.1) is 11.4 Å². The highest BCUT2D eigenvalue weighted by Crippen LogP contribution is 2.20. The maximum absolute atomic E-state index is 12.3. The molecule has 2 rings (SSSR count). The van der Waals surface area contributed by atoms with Gasteiger partial charge in [-0.05, 0) is 48.2 Å². The Balaban J connectivity index is 2.10. The third-order valence-corrected chi connectivity index (χ3v) is 3.78. The number of benzene rings is 2. The Bertz CT molecular complexity index is 830. The zero-order chi connectivity index (χ0) is 18.4. The molecule has 0 aliphatic carbocycles. The fourth-order valence-electron chi connectivity index (χ4n) is 2.24. The van der Waals surface area contributed by atoms with E-state index in [4.69, 9.17) is 5.73 Å². The molecular formula is C20H22N4O. The van der Waals surface area contributed by atoms with E-state index in [1.807, 2.05) is 49.4 Å². The molecule has 0 radical (unpaired) electrons. The van der Waals surface area contributed by atoms with Crippen LogP contribution in [0.3, 0.4) is 0 Å². The molecule has 0 heterocycles. The molecule has 0 aliphatic heterocycles. The number of rotatable bonds is 5. The van der Waals surface area contributed by atoms with Crippen LogP contribution in [-0.4, -0.2) is 5.91 Å². The summed E-state index contributed by atoms with van der Waals surface area (Å²) in [6.45, 7) is 6.15. The molecule has 128 valence electrons. The SMILES string of the molecule is Cc1ccc(N)c(N/C=C(/C#N)C(=O)Nc2ccc(C(C)C)cc2)c1. The van der Waals surface area contributed by atoms with Crippen LogP contribution in [0.15, 0.2) is 54.2 Å². The zero-order valence-corrected chi connectivity index (χ0v) is 14.6. The highest BCUT2D eigenvalue weighted by molar-refractivity contribution is 6.06. The van der Waals surface area contributed by atoms with E-state index in [0.29, 0.717) is 23.0 Å². The lowest BCUT2D eigenvalue weighted by Gasteiger charge is -2.09. The first-order valence-corrected chi connectivity index (χ1v) is 8.05. The van der Waals surface area contributed by atoms with Gasteiger partial charge in [-0.15, -0.1) is 0 Å². The number of nitrogens with one attached hydrogen (secondary N) is 2. The summed E-state index contributed by atoms with van der Waals surface area (Å²) in [6.07, 6.45) is 1.36. The number of amides is 1. The van der Waals surface area contributed by atoms with E-state index in [2.05, 4.69) is 24.5 Å². The quantitative estimate of drug-likeness (QED) is 0.435. The molecule has 0 saturated carbocycles. The van der Waals surface area contributed by atoms with Crippen molar-refractivity contribution in [1.29, 1.82) is 5.26 Å². The average Bonchev–Trinajstić information content (AvgIpc) is 2.58. The van der Waals surface area contributed by atoms with Crippen molar-refractivity contribution in [2.45, 2.75) is 26.7 Å². The minimum atomic E-state index is -0.474. The number of nitrogen functional groups attached to an aromatic ring is 1. The van der Waals surface area contributed by atoms with Crippen molar-refractivity contribution in [3.63, 3.8) is 0 Å². The number of nitrogens with two attached hydrogens (primary N) is 1. The molecule has 1 amide bonds. The van der Waals surface area contributed by atoms with Crippen molar-refractivity contribution in [1.82, 2.24) is 0 Å². The molecular weight excluding hydrogens is 312 g/mol. The number of carbonyl (C=O) groups excluding carboxylic acids is 1. The summed E-state index contributed by atoms with van der Waals surface area (Å²) in [6, 6.07) is 15.0. The van der Waals surface area contributed by atoms with Crippen LogP contribution >= 0.6 is 0 Å². The molecule has 0 unspecified atom stereocenters. The standard InChI is InChI=1S/C20H22N4O/c1-13(2)15-5-7-17(8-6-15)24-20(25)16(11-21)12-23-19-10-14(3)4-9-18(19)22/h4-10,12-13,23H,22H2,1-3H3,(H,24,25)/b16-12-. The molecule has 2 aromatic rings. The minimum Gasteiger partial charge on any atom is -0.397 e. The lowest BCUT2D eigenvalue weighted by atomic mass is 10.0. The van der Waals surface area contributed by atoms with Crippen LogP contribution in [-0.2, 0) is 4.79 Å². The van der Waals surface area contributed by atoms with Gasteiger partial charge < -0.3 is 16.4 Å². The van der Waals surface area contributed by atoms with Gasteiger partial charge in [0.25, 0.3) is 5.91 Å². The van der Waals surface area contributed by atoms with Crippen LogP contribution in [0.2, 0.25) is 0 Å². The number of aryl methyl sites for hydroxylation is 1. The molecule has 0 aliphatic rings. The van der Waals surface area contributed by atoms with Crippen LogP contribution < -0.4 is 16.4 Å². The molecule has 4 N–H and O–H groups in total. The third-order valence-electron chi connectivity index (χ3n) is 3.78. The second-order valence-corrected chi connectivity index (χ2v) is 6.14. The number of hydrogen-bond acceptors (Lipinski definition) is 4. The molecule has 25 heavy (non-hydrogen) atoms. The normalized spacial score (nSPS) is 11.1. The van der Waals surface area contributed by atoms with Crippen LogP contribution in [0.1, 0.15) is 30.9 Å². The second-order valence-electron chi connectivity index (χ2n) is 6.14. The molecule has 0 fully saturated rings. The maximum Gasteiger partial charge on any atom is 0.267 e. The van der Waals surface area contributed by atoms with Gasteiger partial charge in [0.2, 0.25) is 0 Å². The first-order chi connectivity index (χ1) is 11.9. The van der Waals surface area contributed by atoms with E-state index in [0.717, 1.165) is 5.56 Å². The van der Waals surface area contributed by atoms with Crippen molar-refractivity contribution in [2.24, 2.45) is 0 Å². The lowest BCUT2D eigenvalue weighted by molar-refractivity contribution is -0.112. The smallest absolute Gasteiger partial charge is 0.267 e. The van der Waals surface area contributed by atoms with Gasteiger partial charge in [-0.25, -0.2) is 0 Å². The monoisotopic (exact) mass is 334 g/mol. The highest BCUT2D eigenvalue weighted by atomic mass is 16.1. The summed E-state index contributed by atoms with van der Waals surface area (Å²) < 4.78 is 0. The Morgan fingerprint density at radius 1 is 1.20 bits per heavy atom. The van der Waals surface area contributed by atoms with E-state index >= 15 is 0 Å². The van der Waals surface area contributed by atoms with Gasteiger partial charge in [-0.3, -0.25) is 4.79 Å². The molecule has 0 saturated heterocycles. The topological polar surface area (TPSA) is 90.9 Å². The Kier molecular flexibility index (Phi) is 5.80. The second kappa shape index (κ2) is 8.02. The first kappa shape index (κ1) is 18.1. The fraction of sp³-hybridized carbons (Fsp3) is 0.200. The summed E-state index contributed by atoms with van der Waals surface area (Å²) >= 11 is 0. The Morgan fingerprint density at radius 3 is 2.48 bits per heavy atom. The molecule has 0 bridgehead atoms. The van der Waals surface area contributed by atoms with Gasteiger partial charge in [0.15, 0.2) is 0 Å². The van der Waals surface area contributed by atoms with Crippen molar-refractivity contribution < 1.29 is 4.79 Å². The van der Waals surface area contributed by atoms with Crippen LogP contribution in [0.4, 0.5) is 17.1 Å². The van der Waals surface area contributed by atoms with Crippen LogP contribution in [0.25, 0.3) is 0 Å². The molecule has 2 aromatic carbocycles. The molecule has 0 spiro atoms. The summed E-state index contributed by atoms with van der Waals surface area (Å²) in [5.74, 6) is -0.0539. The van der Waals surface area contributed by atoms with Crippen molar-refractivity contribution >= 4 is 23.0 Å². The van der Waals surface area contributed by atoms with Crippen LogP contribution in [0.5, 0.6) is 0 Å². The van der Waals surface area contributed by atoms with Gasteiger partial charge in [0.1, 0.15) is 11.6 Å². The average molecular weight is 334 g/mol. The predicted molar refractivity (Wildman–Crippen MR) is 102 cm³/mol. The highest BCUT2D eigenvalue weighted by Gasteiger charge is 2.10. The van der Waals surface area contributed by atoms with Crippen LogP contribution in [0, 0.1) is 18.3 Å². The minimum absolute atomic E-state index is 0.0335. The fourth-order valence-corrected chi connectivity index (χ4v) is 2.24. The number of anilines is 3. The third kappa shape index (κ3) is 4.85. The van der Waals surface area contributed by atoms with E-state index in [1.54, 1.807) is 6.07 Å². The van der Waals surface area contributed by atoms with E-state index in [-0.39, 0.29) is 5.57 Å². The van der Waals surface area contributed by atoms with Gasteiger partial charge >= 0.3 is 0 Å². The Labute approximate surface area is 148 Å². The summed E-state index contributed by atoms with van der Waals surface area (Å²) in [4.78, 5) is 12.3. The van der Waals surface area contributed by atoms with Gasteiger partial charge in [-0.1, -0.05) is 32.0 Å². The Hall–Kier alpha value is -3.26. The van der Waals surface area contributed by atoms with Gasteiger partial charge in [0, 0.05) is 11.9 Å². The molecule has 5 nitrogen and oxygen atoms in total. The largest absolute Gasteiger partial charge is 0.397 e. The molecule has 0 aromatic heterocycles. The van der Waals surface area contributed by atoms with Crippen molar-refractivity contribution in [2.75, 3.05) is 16.4 Å². The molecule has 5 heteroatoms. The summed E-state index contributed by atoms with van der Waals surface area (Å²) in [7, 11) is 0. The number of nitrogens with zero attached hydrogens (tertiary/aromatic N) is 1. The molecule has 0 atom stereocenters. The Morgan fingerprint density at radius 2 is 1.88 bits per heavy atom.